The van der Waals surface area contributed by atoms with E-state index in [0.29, 0.717) is 0 Å². The molecule has 2 nitrogen and oxygen atoms in total. The van der Waals surface area contributed by atoms with E-state index in [0.717, 1.165) is 5.71 Å². The standard InChI is InChI=1S/C11H14N2/c1-10(2)13-12-9-8-11-6-4-3-5-7-11/h3-9,12H,1-2H3/b9-8+. The van der Waals surface area contributed by atoms with Crippen molar-refractivity contribution in [3.63, 3.8) is 0 Å². The van der Waals surface area contributed by atoms with Crippen LogP contribution in [-0.4, -0.2) is 5.71 Å². The van der Waals surface area contributed by atoms with Crippen LogP contribution in [0.15, 0.2) is 41.6 Å². The van der Waals surface area contributed by atoms with Crippen molar-refractivity contribution in [3.05, 3.63) is 42.1 Å². The van der Waals surface area contributed by atoms with Crippen LogP contribution in [0.2, 0.25) is 0 Å². The second-order valence-corrected chi connectivity index (χ2v) is 2.93. The molecule has 0 saturated carbocycles. The van der Waals surface area contributed by atoms with Crippen LogP contribution in [0, 0.1) is 0 Å². The van der Waals surface area contributed by atoms with E-state index in [9.17, 15) is 0 Å². The van der Waals surface area contributed by atoms with Gasteiger partial charge in [0.05, 0.1) is 0 Å². The summed E-state index contributed by atoms with van der Waals surface area (Å²) in [6, 6.07) is 10.1. The molecule has 2 heteroatoms. The van der Waals surface area contributed by atoms with Crippen molar-refractivity contribution >= 4 is 11.8 Å². The Morgan fingerprint density at radius 3 is 2.54 bits per heavy atom. The average molecular weight is 174 g/mol. The van der Waals surface area contributed by atoms with Gasteiger partial charge in [-0.15, -0.1) is 0 Å². The number of hydrogen-bond donors (Lipinski definition) is 1. The van der Waals surface area contributed by atoms with E-state index in [4.69, 9.17) is 0 Å². The monoisotopic (exact) mass is 174 g/mol. The summed E-state index contributed by atoms with van der Waals surface area (Å²) in [7, 11) is 0. The van der Waals surface area contributed by atoms with Gasteiger partial charge in [0.1, 0.15) is 0 Å². The molecule has 0 heterocycles. The van der Waals surface area contributed by atoms with E-state index < -0.39 is 0 Å². The molecule has 0 aromatic heterocycles. The highest BCUT2D eigenvalue weighted by molar-refractivity contribution is 5.78. The molecule has 0 atom stereocenters. The van der Waals surface area contributed by atoms with Crippen LogP contribution in [0.4, 0.5) is 0 Å². The summed E-state index contributed by atoms with van der Waals surface area (Å²) < 4.78 is 0. The van der Waals surface area contributed by atoms with Crippen LogP contribution in [0.1, 0.15) is 19.4 Å². The zero-order valence-electron chi connectivity index (χ0n) is 7.99. The quantitative estimate of drug-likeness (QED) is 0.553. The van der Waals surface area contributed by atoms with Crippen LogP contribution in [-0.2, 0) is 0 Å². The molecule has 0 radical (unpaired) electrons. The third-order valence-corrected chi connectivity index (χ3v) is 1.44. The van der Waals surface area contributed by atoms with Crippen LogP contribution >= 0.6 is 0 Å². The number of hydrogen-bond acceptors (Lipinski definition) is 2. The van der Waals surface area contributed by atoms with Gasteiger partial charge in [-0.1, -0.05) is 30.3 Å². The third kappa shape index (κ3) is 4.11. The molecule has 0 saturated heterocycles. The minimum Gasteiger partial charge on any atom is -0.286 e. The Morgan fingerprint density at radius 2 is 1.92 bits per heavy atom. The lowest BCUT2D eigenvalue weighted by molar-refractivity contribution is 0.968. The van der Waals surface area contributed by atoms with Gasteiger partial charge in [-0.2, -0.15) is 5.10 Å². The summed E-state index contributed by atoms with van der Waals surface area (Å²) in [6.07, 6.45) is 3.80. The van der Waals surface area contributed by atoms with Crippen molar-refractivity contribution in [2.75, 3.05) is 0 Å². The Balaban J connectivity index is 2.46. The van der Waals surface area contributed by atoms with Gasteiger partial charge in [0.15, 0.2) is 0 Å². The maximum Gasteiger partial charge on any atom is 0.0320 e. The summed E-state index contributed by atoms with van der Waals surface area (Å²) in [5.41, 5.74) is 5.02. The van der Waals surface area contributed by atoms with Crippen molar-refractivity contribution in [2.24, 2.45) is 5.10 Å². The number of nitrogens with one attached hydrogen (secondary N) is 1. The molecule has 1 aromatic rings. The highest BCUT2D eigenvalue weighted by Gasteiger charge is 1.80. The lowest BCUT2D eigenvalue weighted by Gasteiger charge is -1.92. The third-order valence-electron chi connectivity index (χ3n) is 1.44. The van der Waals surface area contributed by atoms with Gasteiger partial charge in [0.25, 0.3) is 0 Å². The van der Waals surface area contributed by atoms with E-state index in [-0.39, 0.29) is 0 Å². The molecule has 0 bridgehead atoms. The zero-order valence-corrected chi connectivity index (χ0v) is 7.99. The first kappa shape index (κ1) is 9.52. The van der Waals surface area contributed by atoms with Crippen LogP contribution < -0.4 is 5.43 Å². The molecule has 0 aliphatic heterocycles. The Labute approximate surface area is 79.0 Å². The first-order valence-corrected chi connectivity index (χ1v) is 4.27. The second-order valence-electron chi connectivity index (χ2n) is 2.93. The van der Waals surface area contributed by atoms with Crippen molar-refractivity contribution < 1.29 is 0 Å². The predicted molar refractivity (Wildman–Crippen MR) is 57.4 cm³/mol. The largest absolute Gasteiger partial charge is 0.286 e. The van der Waals surface area contributed by atoms with Crippen molar-refractivity contribution in [1.29, 1.82) is 0 Å². The minimum atomic E-state index is 1.01. The average Bonchev–Trinajstić information content (AvgIpc) is 2.14. The highest BCUT2D eigenvalue weighted by Crippen LogP contribution is 1.99. The maximum atomic E-state index is 4.02. The Bertz CT molecular complexity index is 295. The van der Waals surface area contributed by atoms with Crippen LogP contribution in [0.3, 0.4) is 0 Å². The van der Waals surface area contributed by atoms with Crippen LogP contribution in [0.5, 0.6) is 0 Å². The molecule has 68 valence electrons. The van der Waals surface area contributed by atoms with Crippen molar-refractivity contribution in [2.45, 2.75) is 13.8 Å². The predicted octanol–water partition coefficient (Wildman–Crippen LogP) is 2.64. The Kier molecular flexibility index (Phi) is 3.76. The lowest BCUT2D eigenvalue weighted by Crippen LogP contribution is -1.96. The molecule has 1 N–H and O–H groups in total. The first-order chi connectivity index (χ1) is 6.29. The molecule has 0 aliphatic rings. The van der Waals surface area contributed by atoms with E-state index in [1.807, 2.05) is 56.5 Å². The number of hydrazone groups is 1. The molecule has 0 aliphatic carbocycles. The summed E-state index contributed by atoms with van der Waals surface area (Å²) in [4.78, 5) is 0. The van der Waals surface area contributed by atoms with Crippen molar-refractivity contribution in [3.8, 4) is 0 Å². The van der Waals surface area contributed by atoms with E-state index in [1.165, 1.54) is 5.56 Å². The summed E-state index contributed by atoms with van der Waals surface area (Å²) >= 11 is 0. The van der Waals surface area contributed by atoms with E-state index in [1.54, 1.807) is 0 Å². The number of nitrogens with zero attached hydrogens (tertiary/aromatic N) is 1. The molecule has 1 aromatic carbocycles. The number of rotatable bonds is 3. The smallest absolute Gasteiger partial charge is 0.0320 e. The molecular formula is C11H14N2. The summed E-state index contributed by atoms with van der Waals surface area (Å²) in [5.74, 6) is 0. The SMILES string of the molecule is CC(C)=NN/C=C/c1ccccc1. The molecule has 0 fully saturated rings. The van der Waals surface area contributed by atoms with Gasteiger partial charge in [-0.3, -0.25) is 5.43 Å². The van der Waals surface area contributed by atoms with E-state index in [2.05, 4.69) is 10.5 Å². The topological polar surface area (TPSA) is 24.4 Å². The zero-order chi connectivity index (χ0) is 9.52. The van der Waals surface area contributed by atoms with Gasteiger partial charge in [0.2, 0.25) is 0 Å². The molecule has 13 heavy (non-hydrogen) atoms. The molecule has 0 spiro atoms. The first-order valence-electron chi connectivity index (χ1n) is 4.27. The fourth-order valence-corrected chi connectivity index (χ4v) is 0.864. The molecule has 1 rings (SSSR count). The summed E-state index contributed by atoms with van der Waals surface area (Å²) in [6.45, 7) is 3.90. The van der Waals surface area contributed by atoms with Gasteiger partial charge >= 0.3 is 0 Å². The van der Waals surface area contributed by atoms with Gasteiger partial charge in [-0.25, -0.2) is 0 Å². The van der Waals surface area contributed by atoms with Gasteiger partial charge in [0, 0.05) is 11.9 Å². The maximum absolute atomic E-state index is 4.02. The highest BCUT2D eigenvalue weighted by atomic mass is 15.3. The van der Waals surface area contributed by atoms with E-state index >= 15 is 0 Å². The fraction of sp³-hybridized carbons (Fsp3) is 0.182. The molecule has 0 unspecified atom stereocenters. The summed E-state index contributed by atoms with van der Waals surface area (Å²) in [5, 5.41) is 4.02. The molecular weight excluding hydrogens is 160 g/mol. The minimum absolute atomic E-state index is 1.01. The lowest BCUT2D eigenvalue weighted by atomic mass is 10.2. The Hall–Kier alpha value is -1.57. The fourth-order valence-electron chi connectivity index (χ4n) is 0.864. The van der Waals surface area contributed by atoms with Crippen molar-refractivity contribution in [1.82, 2.24) is 5.43 Å². The van der Waals surface area contributed by atoms with Gasteiger partial charge in [-0.05, 0) is 25.5 Å². The van der Waals surface area contributed by atoms with Crippen LogP contribution in [0.25, 0.3) is 6.08 Å². The second kappa shape index (κ2) is 5.14. The molecule has 0 amide bonds. The normalized spacial score (nSPS) is 10.0. The van der Waals surface area contributed by atoms with Gasteiger partial charge < -0.3 is 0 Å². The number of benzene rings is 1. The Morgan fingerprint density at radius 1 is 1.23 bits per heavy atom.